The highest BCUT2D eigenvalue weighted by molar-refractivity contribution is 6.03. The van der Waals surface area contributed by atoms with Crippen LogP contribution in [0, 0.1) is 5.92 Å². The van der Waals surface area contributed by atoms with E-state index in [2.05, 4.69) is 29.4 Å². The lowest BCUT2D eigenvalue weighted by molar-refractivity contribution is -0.123. The minimum Gasteiger partial charge on any atom is -0.366 e. The Hall–Kier alpha value is -2.45. The molecule has 0 saturated carbocycles. The maximum Gasteiger partial charge on any atom is 0.250 e. The fourth-order valence-corrected chi connectivity index (χ4v) is 2.88. The highest BCUT2D eigenvalue weighted by Crippen LogP contribution is 2.14. The van der Waals surface area contributed by atoms with E-state index in [9.17, 15) is 14.4 Å². The molecule has 0 aromatic heterocycles. The number of primary amides is 1. The van der Waals surface area contributed by atoms with E-state index in [1.165, 1.54) is 0 Å². The summed E-state index contributed by atoms with van der Waals surface area (Å²) in [6.07, 6.45) is 0. The van der Waals surface area contributed by atoms with Gasteiger partial charge < -0.3 is 16.4 Å². The average molecular weight is 375 g/mol. The van der Waals surface area contributed by atoms with Crippen molar-refractivity contribution >= 4 is 23.4 Å². The zero-order valence-electron chi connectivity index (χ0n) is 16.0. The number of nitrogens with one attached hydrogen (secondary N) is 2. The normalized spacial score (nSPS) is 15.5. The Balaban J connectivity index is 1.75. The second kappa shape index (κ2) is 10.0. The molecule has 0 spiro atoms. The SMILES string of the molecule is CC(C)CNC(=O)CN1CCN(CC(=O)Nc2ccccc2C(N)=O)CC1. The quantitative estimate of drug-likeness (QED) is 0.598. The van der Waals surface area contributed by atoms with E-state index in [1.54, 1.807) is 24.3 Å². The van der Waals surface area contributed by atoms with Crippen molar-refractivity contribution < 1.29 is 14.4 Å². The molecular formula is C19H29N5O3. The Bertz CT molecular complexity index is 669. The molecule has 8 nitrogen and oxygen atoms in total. The number of rotatable bonds is 8. The van der Waals surface area contributed by atoms with Gasteiger partial charge in [-0.1, -0.05) is 26.0 Å². The van der Waals surface area contributed by atoms with Gasteiger partial charge >= 0.3 is 0 Å². The summed E-state index contributed by atoms with van der Waals surface area (Å²) in [5, 5.41) is 5.67. The van der Waals surface area contributed by atoms with E-state index in [4.69, 9.17) is 5.73 Å². The molecule has 1 aliphatic heterocycles. The molecule has 4 N–H and O–H groups in total. The van der Waals surface area contributed by atoms with Gasteiger partial charge in [0, 0.05) is 32.7 Å². The van der Waals surface area contributed by atoms with Gasteiger partial charge in [0.25, 0.3) is 5.91 Å². The van der Waals surface area contributed by atoms with Gasteiger partial charge in [0.2, 0.25) is 11.8 Å². The number of nitrogens with two attached hydrogens (primary N) is 1. The maximum absolute atomic E-state index is 12.3. The maximum atomic E-state index is 12.3. The van der Waals surface area contributed by atoms with E-state index in [-0.39, 0.29) is 18.4 Å². The topological polar surface area (TPSA) is 108 Å². The van der Waals surface area contributed by atoms with Gasteiger partial charge in [-0.05, 0) is 18.1 Å². The van der Waals surface area contributed by atoms with Crippen LogP contribution in [-0.4, -0.2) is 73.3 Å². The second-order valence-electron chi connectivity index (χ2n) is 7.21. The summed E-state index contributed by atoms with van der Waals surface area (Å²) in [5.74, 6) is -0.288. The number of hydrogen-bond donors (Lipinski definition) is 3. The van der Waals surface area contributed by atoms with E-state index in [0.29, 0.717) is 43.3 Å². The number of hydrogen-bond acceptors (Lipinski definition) is 5. The van der Waals surface area contributed by atoms with Crippen molar-refractivity contribution in [2.45, 2.75) is 13.8 Å². The Morgan fingerprint density at radius 2 is 1.56 bits per heavy atom. The molecular weight excluding hydrogens is 346 g/mol. The fourth-order valence-electron chi connectivity index (χ4n) is 2.88. The summed E-state index contributed by atoms with van der Waals surface area (Å²) in [6, 6.07) is 6.68. The highest BCUT2D eigenvalue weighted by Gasteiger charge is 2.21. The first kappa shape index (κ1) is 20.9. The molecule has 1 aromatic carbocycles. The molecule has 148 valence electrons. The Kier molecular flexibility index (Phi) is 7.75. The molecule has 2 rings (SSSR count). The molecule has 0 unspecified atom stereocenters. The fraction of sp³-hybridized carbons (Fsp3) is 0.526. The molecule has 8 heteroatoms. The minimum absolute atomic E-state index is 0.0398. The number of piperazine rings is 1. The lowest BCUT2D eigenvalue weighted by atomic mass is 10.1. The molecule has 0 radical (unpaired) electrons. The predicted molar refractivity (Wildman–Crippen MR) is 104 cm³/mol. The van der Waals surface area contributed by atoms with E-state index < -0.39 is 5.91 Å². The van der Waals surface area contributed by atoms with Crippen molar-refractivity contribution in [3.8, 4) is 0 Å². The van der Waals surface area contributed by atoms with Crippen LogP contribution in [0.15, 0.2) is 24.3 Å². The van der Waals surface area contributed by atoms with Crippen molar-refractivity contribution in [3.05, 3.63) is 29.8 Å². The standard InChI is InChI=1S/C19H29N5O3/c1-14(2)11-21-17(25)12-23-7-9-24(10-8-23)13-18(26)22-16-6-4-3-5-15(16)19(20)27/h3-6,14H,7-13H2,1-2H3,(H2,20,27)(H,21,25)(H,22,26). The first-order chi connectivity index (χ1) is 12.8. The first-order valence-electron chi connectivity index (χ1n) is 9.25. The number of benzene rings is 1. The summed E-state index contributed by atoms with van der Waals surface area (Å²) in [4.78, 5) is 39.7. The Labute approximate surface area is 160 Å². The van der Waals surface area contributed by atoms with Crippen molar-refractivity contribution in [3.63, 3.8) is 0 Å². The number of nitrogens with zero attached hydrogens (tertiary/aromatic N) is 2. The molecule has 27 heavy (non-hydrogen) atoms. The predicted octanol–water partition coefficient (Wildman–Crippen LogP) is 0.114. The summed E-state index contributed by atoms with van der Waals surface area (Å²) in [7, 11) is 0. The number of anilines is 1. The van der Waals surface area contributed by atoms with Gasteiger partial charge in [-0.2, -0.15) is 0 Å². The van der Waals surface area contributed by atoms with E-state index in [1.807, 2.05) is 4.90 Å². The van der Waals surface area contributed by atoms with Gasteiger partial charge in [-0.3, -0.25) is 24.2 Å². The van der Waals surface area contributed by atoms with Crippen molar-refractivity contribution in [2.24, 2.45) is 11.7 Å². The number of carbonyl (C=O) groups excluding carboxylic acids is 3. The molecule has 1 saturated heterocycles. The first-order valence-corrected chi connectivity index (χ1v) is 9.25. The van der Waals surface area contributed by atoms with Crippen LogP contribution in [0.5, 0.6) is 0 Å². The Morgan fingerprint density at radius 1 is 1.00 bits per heavy atom. The summed E-state index contributed by atoms with van der Waals surface area (Å²) < 4.78 is 0. The third-order valence-electron chi connectivity index (χ3n) is 4.37. The van der Waals surface area contributed by atoms with Crippen LogP contribution in [-0.2, 0) is 9.59 Å². The van der Waals surface area contributed by atoms with Crippen LogP contribution >= 0.6 is 0 Å². The molecule has 0 aliphatic carbocycles. The monoisotopic (exact) mass is 375 g/mol. The van der Waals surface area contributed by atoms with Gasteiger partial charge in [-0.25, -0.2) is 0 Å². The van der Waals surface area contributed by atoms with Gasteiger partial charge in [0.1, 0.15) is 0 Å². The lowest BCUT2D eigenvalue weighted by Gasteiger charge is -2.33. The van der Waals surface area contributed by atoms with Gasteiger partial charge in [-0.15, -0.1) is 0 Å². The number of para-hydroxylation sites is 1. The van der Waals surface area contributed by atoms with Crippen LogP contribution in [0.2, 0.25) is 0 Å². The Morgan fingerprint density at radius 3 is 2.11 bits per heavy atom. The minimum atomic E-state index is -0.574. The largest absolute Gasteiger partial charge is 0.366 e. The molecule has 0 bridgehead atoms. The van der Waals surface area contributed by atoms with Crippen molar-refractivity contribution in [1.29, 1.82) is 0 Å². The summed E-state index contributed by atoms with van der Waals surface area (Å²) >= 11 is 0. The second-order valence-corrected chi connectivity index (χ2v) is 7.21. The number of carbonyl (C=O) groups is 3. The zero-order chi connectivity index (χ0) is 19.8. The van der Waals surface area contributed by atoms with Gasteiger partial charge in [0.15, 0.2) is 0 Å². The molecule has 1 heterocycles. The van der Waals surface area contributed by atoms with Crippen LogP contribution < -0.4 is 16.4 Å². The van der Waals surface area contributed by atoms with Gasteiger partial charge in [0.05, 0.1) is 24.3 Å². The summed E-state index contributed by atoms with van der Waals surface area (Å²) in [5.41, 5.74) is 6.05. The molecule has 1 fully saturated rings. The van der Waals surface area contributed by atoms with E-state index >= 15 is 0 Å². The van der Waals surface area contributed by atoms with Crippen LogP contribution in [0.25, 0.3) is 0 Å². The zero-order valence-corrected chi connectivity index (χ0v) is 16.0. The van der Waals surface area contributed by atoms with Crippen LogP contribution in [0.4, 0.5) is 5.69 Å². The third kappa shape index (κ3) is 6.99. The number of amides is 3. The highest BCUT2D eigenvalue weighted by atomic mass is 16.2. The molecule has 1 aliphatic rings. The molecule has 3 amide bonds. The van der Waals surface area contributed by atoms with Crippen LogP contribution in [0.3, 0.4) is 0 Å². The lowest BCUT2D eigenvalue weighted by Crippen LogP contribution is -2.51. The molecule has 1 aromatic rings. The van der Waals surface area contributed by atoms with Crippen molar-refractivity contribution in [2.75, 3.05) is 51.1 Å². The van der Waals surface area contributed by atoms with E-state index in [0.717, 1.165) is 13.1 Å². The van der Waals surface area contributed by atoms with Crippen molar-refractivity contribution in [1.82, 2.24) is 15.1 Å². The molecule has 0 atom stereocenters. The average Bonchev–Trinajstić information content (AvgIpc) is 2.62. The smallest absolute Gasteiger partial charge is 0.250 e. The third-order valence-corrected chi connectivity index (χ3v) is 4.37. The van der Waals surface area contributed by atoms with Crippen LogP contribution in [0.1, 0.15) is 24.2 Å². The summed E-state index contributed by atoms with van der Waals surface area (Å²) in [6.45, 7) is 8.33.